The molecule has 0 saturated carbocycles. The van der Waals surface area contributed by atoms with E-state index in [1.54, 1.807) is 13.2 Å². The molecule has 104 valence electrons. The van der Waals surface area contributed by atoms with Gasteiger partial charge in [0.1, 0.15) is 11.6 Å². The lowest BCUT2D eigenvalue weighted by Crippen LogP contribution is -2.25. The van der Waals surface area contributed by atoms with Crippen LogP contribution in [0.25, 0.3) is 0 Å². The normalized spacial score (nSPS) is 16.3. The third-order valence-corrected chi connectivity index (χ3v) is 3.57. The van der Waals surface area contributed by atoms with Gasteiger partial charge in [-0.15, -0.1) is 0 Å². The third kappa shape index (κ3) is 3.16. The molecule has 2 nitrogen and oxygen atoms in total. The summed E-state index contributed by atoms with van der Waals surface area (Å²) >= 11 is 0. The number of rotatable bonds is 6. The Bertz CT molecular complexity index is 456. The van der Waals surface area contributed by atoms with E-state index in [-0.39, 0.29) is 11.9 Å². The van der Waals surface area contributed by atoms with Crippen molar-refractivity contribution in [2.24, 2.45) is 0 Å². The lowest BCUT2D eigenvalue weighted by molar-refractivity contribution is 0.395. The van der Waals surface area contributed by atoms with E-state index < -0.39 is 0 Å². The minimum Gasteiger partial charge on any atom is -0.496 e. The van der Waals surface area contributed by atoms with E-state index in [2.05, 4.69) is 18.3 Å². The highest BCUT2D eigenvalue weighted by Crippen LogP contribution is 2.36. The predicted octanol–water partition coefficient (Wildman–Crippen LogP) is 3.99. The number of allylic oxidation sites excluding steroid dienone is 1. The lowest BCUT2D eigenvalue weighted by Gasteiger charge is -2.23. The van der Waals surface area contributed by atoms with Gasteiger partial charge in [-0.1, -0.05) is 24.6 Å². The average molecular weight is 263 g/mol. The van der Waals surface area contributed by atoms with E-state index in [0.717, 1.165) is 32.2 Å². The van der Waals surface area contributed by atoms with Crippen LogP contribution in [0.4, 0.5) is 4.39 Å². The van der Waals surface area contributed by atoms with E-state index in [1.807, 2.05) is 6.07 Å². The molecule has 3 heteroatoms. The van der Waals surface area contributed by atoms with Gasteiger partial charge in [-0.25, -0.2) is 4.39 Å². The highest BCUT2D eigenvalue weighted by Gasteiger charge is 2.24. The number of hydrogen-bond donors (Lipinski definition) is 1. The molecule has 0 fully saturated rings. The third-order valence-electron chi connectivity index (χ3n) is 3.57. The van der Waals surface area contributed by atoms with Gasteiger partial charge in [-0.3, -0.25) is 0 Å². The molecule has 1 aliphatic carbocycles. The number of hydrogen-bond acceptors (Lipinski definition) is 2. The van der Waals surface area contributed by atoms with Crippen LogP contribution in [0.15, 0.2) is 29.8 Å². The summed E-state index contributed by atoms with van der Waals surface area (Å²) < 4.78 is 19.6. The Morgan fingerprint density at radius 3 is 2.89 bits per heavy atom. The predicted molar refractivity (Wildman–Crippen MR) is 75.9 cm³/mol. The highest BCUT2D eigenvalue weighted by molar-refractivity contribution is 5.42. The first-order valence-corrected chi connectivity index (χ1v) is 7.02. The molecule has 1 unspecified atom stereocenters. The first-order valence-electron chi connectivity index (χ1n) is 7.02. The number of benzene rings is 1. The van der Waals surface area contributed by atoms with Crippen molar-refractivity contribution in [3.8, 4) is 5.75 Å². The summed E-state index contributed by atoms with van der Waals surface area (Å²) in [5, 5.41) is 3.45. The van der Waals surface area contributed by atoms with Crippen molar-refractivity contribution in [2.75, 3.05) is 13.7 Å². The molecular weight excluding hydrogens is 241 g/mol. The van der Waals surface area contributed by atoms with Crippen molar-refractivity contribution in [3.05, 3.63) is 41.2 Å². The number of nitrogens with one attached hydrogen (secondary N) is 1. The Morgan fingerprint density at radius 2 is 2.26 bits per heavy atom. The summed E-state index contributed by atoms with van der Waals surface area (Å²) in [5.41, 5.74) is 1.93. The fourth-order valence-electron chi connectivity index (χ4n) is 2.64. The van der Waals surface area contributed by atoms with Gasteiger partial charge in [0.05, 0.1) is 18.7 Å². The summed E-state index contributed by atoms with van der Waals surface area (Å²) in [6.45, 7) is 2.99. The SMILES string of the molecule is CCCNC(C1=CCCC1)c1c(F)cccc1OC. The molecule has 1 aliphatic rings. The molecule has 0 aliphatic heterocycles. The largest absolute Gasteiger partial charge is 0.496 e. The lowest BCUT2D eigenvalue weighted by atomic mass is 9.96. The van der Waals surface area contributed by atoms with Crippen molar-refractivity contribution in [3.63, 3.8) is 0 Å². The fourth-order valence-corrected chi connectivity index (χ4v) is 2.64. The van der Waals surface area contributed by atoms with Crippen molar-refractivity contribution in [2.45, 2.75) is 38.6 Å². The van der Waals surface area contributed by atoms with Crippen LogP contribution in [0.5, 0.6) is 5.75 Å². The second kappa shape index (κ2) is 6.71. The monoisotopic (exact) mass is 263 g/mol. The quantitative estimate of drug-likeness (QED) is 0.784. The molecule has 0 spiro atoms. The van der Waals surface area contributed by atoms with Crippen LogP contribution in [0.1, 0.15) is 44.2 Å². The van der Waals surface area contributed by atoms with Crippen molar-refractivity contribution < 1.29 is 9.13 Å². The summed E-state index contributed by atoms with van der Waals surface area (Å²) in [4.78, 5) is 0. The van der Waals surface area contributed by atoms with E-state index >= 15 is 0 Å². The number of methoxy groups -OCH3 is 1. The zero-order chi connectivity index (χ0) is 13.7. The van der Waals surface area contributed by atoms with Gasteiger partial charge >= 0.3 is 0 Å². The van der Waals surface area contributed by atoms with Crippen LogP contribution in [0.3, 0.4) is 0 Å². The molecule has 0 heterocycles. The molecule has 1 atom stereocenters. The molecule has 1 aromatic carbocycles. The minimum atomic E-state index is -0.194. The molecular formula is C16H22FNO. The molecule has 0 aromatic heterocycles. The minimum absolute atomic E-state index is 0.0569. The highest BCUT2D eigenvalue weighted by atomic mass is 19.1. The molecule has 2 rings (SSSR count). The molecule has 0 amide bonds. The maximum absolute atomic E-state index is 14.2. The number of halogens is 1. The Hall–Kier alpha value is -1.35. The molecule has 1 aromatic rings. The summed E-state index contributed by atoms with van der Waals surface area (Å²) in [5.74, 6) is 0.433. The van der Waals surface area contributed by atoms with Gasteiger partial charge in [0.2, 0.25) is 0 Å². The zero-order valence-electron chi connectivity index (χ0n) is 11.7. The Morgan fingerprint density at radius 1 is 1.42 bits per heavy atom. The first-order chi connectivity index (χ1) is 9.27. The zero-order valence-corrected chi connectivity index (χ0v) is 11.7. The first kappa shape index (κ1) is 14.1. The molecule has 0 radical (unpaired) electrons. The standard InChI is InChI=1S/C16H22FNO/c1-3-11-18-16(12-7-4-5-8-12)15-13(17)9-6-10-14(15)19-2/h6-7,9-10,16,18H,3-5,8,11H2,1-2H3. The summed E-state index contributed by atoms with van der Waals surface area (Å²) in [6.07, 6.45) is 6.56. The summed E-state index contributed by atoms with van der Waals surface area (Å²) in [6, 6.07) is 4.97. The summed E-state index contributed by atoms with van der Waals surface area (Å²) in [7, 11) is 1.60. The van der Waals surface area contributed by atoms with E-state index in [9.17, 15) is 4.39 Å². The molecule has 19 heavy (non-hydrogen) atoms. The van der Waals surface area contributed by atoms with Crippen molar-refractivity contribution >= 4 is 0 Å². The van der Waals surface area contributed by atoms with Gasteiger partial charge in [0.25, 0.3) is 0 Å². The second-order valence-electron chi connectivity index (χ2n) is 4.91. The maximum Gasteiger partial charge on any atom is 0.132 e. The average Bonchev–Trinajstić information content (AvgIpc) is 2.94. The van der Waals surface area contributed by atoms with Crippen LogP contribution < -0.4 is 10.1 Å². The van der Waals surface area contributed by atoms with Gasteiger partial charge in [-0.2, -0.15) is 0 Å². The van der Waals surface area contributed by atoms with Crippen molar-refractivity contribution in [1.82, 2.24) is 5.32 Å². The maximum atomic E-state index is 14.2. The second-order valence-corrected chi connectivity index (χ2v) is 4.91. The van der Waals surface area contributed by atoms with E-state index in [1.165, 1.54) is 11.6 Å². The van der Waals surface area contributed by atoms with Crippen LogP contribution in [-0.2, 0) is 0 Å². The van der Waals surface area contributed by atoms with Crippen LogP contribution in [0, 0.1) is 5.82 Å². The topological polar surface area (TPSA) is 21.3 Å². The fraction of sp³-hybridized carbons (Fsp3) is 0.500. The smallest absolute Gasteiger partial charge is 0.132 e. The van der Waals surface area contributed by atoms with Gasteiger partial charge in [-0.05, 0) is 44.4 Å². The van der Waals surface area contributed by atoms with Gasteiger partial charge < -0.3 is 10.1 Å². The van der Waals surface area contributed by atoms with Crippen LogP contribution in [-0.4, -0.2) is 13.7 Å². The number of ether oxygens (including phenoxy) is 1. The van der Waals surface area contributed by atoms with Gasteiger partial charge in [0, 0.05) is 0 Å². The van der Waals surface area contributed by atoms with Crippen LogP contribution in [0.2, 0.25) is 0 Å². The Labute approximate surface area is 114 Å². The van der Waals surface area contributed by atoms with E-state index in [4.69, 9.17) is 4.74 Å². The van der Waals surface area contributed by atoms with Gasteiger partial charge in [0.15, 0.2) is 0 Å². The van der Waals surface area contributed by atoms with Crippen LogP contribution >= 0.6 is 0 Å². The Kier molecular flexibility index (Phi) is 4.97. The molecule has 0 bridgehead atoms. The Balaban J connectivity index is 2.36. The van der Waals surface area contributed by atoms with E-state index in [0.29, 0.717) is 11.3 Å². The molecule has 1 N–H and O–H groups in total. The molecule has 0 saturated heterocycles. The van der Waals surface area contributed by atoms with Crippen molar-refractivity contribution in [1.29, 1.82) is 0 Å².